The molecule has 0 bridgehead atoms. The molecule has 0 aromatic heterocycles. The lowest BCUT2D eigenvalue weighted by Crippen LogP contribution is -2.42. The lowest BCUT2D eigenvalue weighted by atomic mass is 9.79. The van der Waals surface area contributed by atoms with E-state index in [0.717, 1.165) is 6.42 Å². The van der Waals surface area contributed by atoms with E-state index in [2.05, 4.69) is 0 Å². The summed E-state index contributed by atoms with van der Waals surface area (Å²) < 4.78 is 32.0. The molecule has 238 valence electrons. The highest BCUT2D eigenvalue weighted by Crippen LogP contribution is 2.38. The molecule has 12 heteroatoms. The third kappa shape index (κ3) is 11.8. The summed E-state index contributed by atoms with van der Waals surface area (Å²) in [4.78, 5) is 49.4. The number of aliphatic carboxylic acids is 1. The minimum Gasteiger partial charge on any atom is -0.480 e. The molecular formula is C30H47NO11. The summed E-state index contributed by atoms with van der Waals surface area (Å²) in [6.45, 7) is 15.9. The number of ether oxygens (including phenoxy) is 6. The molecule has 3 N–H and O–H groups in total. The number of rotatable bonds is 15. The molecule has 0 aliphatic heterocycles. The fourth-order valence-corrected chi connectivity index (χ4v) is 3.59. The van der Waals surface area contributed by atoms with E-state index in [-0.39, 0.29) is 18.1 Å². The van der Waals surface area contributed by atoms with Crippen molar-refractivity contribution in [3.63, 3.8) is 0 Å². The molecule has 0 saturated heterocycles. The van der Waals surface area contributed by atoms with Crippen molar-refractivity contribution in [3.05, 3.63) is 23.8 Å². The third-order valence-corrected chi connectivity index (χ3v) is 7.14. The first-order valence-electron chi connectivity index (χ1n) is 14.2. The molecule has 0 spiro atoms. The monoisotopic (exact) mass is 597 g/mol. The molecule has 0 radical (unpaired) electrons. The fraction of sp³-hybridized carbons (Fsp3) is 0.667. The van der Waals surface area contributed by atoms with Crippen molar-refractivity contribution in [3.8, 4) is 11.5 Å². The minimum atomic E-state index is -1.44. The molecule has 1 aromatic carbocycles. The lowest BCUT2D eigenvalue weighted by Gasteiger charge is -2.31. The first-order chi connectivity index (χ1) is 19.5. The zero-order valence-electron chi connectivity index (χ0n) is 26.2. The van der Waals surface area contributed by atoms with Gasteiger partial charge in [-0.2, -0.15) is 0 Å². The zero-order valence-corrected chi connectivity index (χ0v) is 26.2. The summed E-state index contributed by atoms with van der Waals surface area (Å²) >= 11 is 0. The number of hydrogen-bond donors (Lipinski definition) is 2. The maximum absolute atomic E-state index is 12.7. The Hall–Kier alpha value is -3.54. The van der Waals surface area contributed by atoms with Gasteiger partial charge in [-0.25, -0.2) is 14.4 Å². The number of hydrogen-bond acceptors (Lipinski definition) is 11. The van der Waals surface area contributed by atoms with Gasteiger partial charge < -0.3 is 39.3 Å². The molecule has 1 rings (SSSR count). The number of unbranched alkanes of at least 4 members (excludes halogenated alkanes) is 1. The van der Waals surface area contributed by atoms with Gasteiger partial charge in [-0.1, -0.05) is 40.2 Å². The average Bonchev–Trinajstić information content (AvgIpc) is 2.89. The highest BCUT2D eigenvalue weighted by Gasteiger charge is 2.36. The Morgan fingerprint density at radius 2 is 1.38 bits per heavy atom. The van der Waals surface area contributed by atoms with Crippen LogP contribution in [0.1, 0.15) is 99.5 Å². The Balaban J connectivity index is 3.47. The van der Waals surface area contributed by atoms with Crippen molar-refractivity contribution in [2.24, 2.45) is 11.7 Å². The predicted octanol–water partition coefficient (Wildman–Crippen LogP) is 6.57. The molecule has 4 atom stereocenters. The number of carboxylic acids is 1. The Labute approximate surface area is 248 Å². The normalized spacial score (nSPS) is 14.5. The van der Waals surface area contributed by atoms with Gasteiger partial charge in [0, 0.05) is 11.8 Å². The summed E-state index contributed by atoms with van der Waals surface area (Å²) in [5.74, 6) is -3.27. The van der Waals surface area contributed by atoms with Crippen molar-refractivity contribution < 1.29 is 52.7 Å². The lowest BCUT2D eigenvalue weighted by molar-refractivity contribution is -0.139. The molecule has 0 saturated carbocycles. The third-order valence-electron chi connectivity index (χ3n) is 7.14. The first-order valence-corrected chi connectivity index (χ1v) is 14.2. The van der Waals surface area contributed by atoms with E-state index in [1.54, 1.807) is 41.5 Å². The van der Waals surface area contributed by atoms with E-state index >= 15 is 0 Å². The molecule has 1 aromatic rings. The maximum Gasteiger partial charge on any atom is 0.514 e. The second-order valence-corrected chi connectivity index (χ2v) is 11.4. The number of nitrogens with two attached hydrogens (primary N) is 1. The smallest absolute Gasteiger partial charge is 0.480 e. The van der Waals surface area contributed by atoms with Gasteiger partial charge in [-0.05, 0) is 71.6 Å². The van der Waals surface area contributed by atoms with Gasteiger partial charge >= 0.3 is 24.4 Å². The van der Waals surface area contributed by atoms with Crippen LogP contribution >= 0.6 is 0 Å². The predicted molar refractivity (Wildman–Crippen MR) is 154 cm³/mol. The first kappa shape index (κ1) is 36.5. The molecule has 0 aliphatic carbocycles. The SMILES string of the molecule is CCCCOC(=O)OC(C)C(C)C(c1ccc(OC(=O)OC(C)(C)CC)c(OC(=O)OC(C)(C)CC)c1)[C@H](N)C(=O)O. The van der Waals surface area contributed by atoms with Crippen LogP contribution in [-0.4, -0.2) is 59.5 Å². The van der Waals surface area contributed by atoms with Gasteiger partial charge in [0.05, 0.1) is 6.61 Å². The minimum absolute atomic E-state index is 0.166. The van der Waals surface area contributed by atoms with Crippen LogP contribution in [0, 0.1) is 5.92 Å². The zero-order chi connectivity index (χ0) is 32.3. The van der Waals surface area contributed by atoms with Gasteiger partial charge in [-0.3, -0.25) is 4.79 Å². The van der Waals surface area contributed by atoms with Crippen LogP contribution in [-0.2, 0) is 23.7 Å². The molecule has 0 fully saturated rings. The summed E-state index contributed by atoms with van der Waals surface area (Å²) in [6, 6.07) is 2.72. The van der Waals surface area contributed by atoms with Crippen molar-refractivity contribution in [2.75, 3.05) is 6.61 Å². The van der Waals surface area contributed by atoms with Gasteiger partial charge in [0.1, 0.15) is 23.3 Å². The molecule has 0 heterocycles. The number of carbonyl (C=O) groups excluding carboxylic acids is 3. The Bertz CT molecular complexity index is 1070. The van der Waals surface area contributed by atoms with Crippen molar-refractivity contribution in [1.29, 1.82) is 0 Å². The van der Waals surface area contributed by atoms with Crippen LogP contribution in [0.2, 0.25) is 0 Å². The number of carbonyl (C=O) groups is 4. The van der Waals surface area contributed by atoms with E-state index in [4.69, 9.17) is 34.2 Å². The van der Waals surface area contributed by atoms with E-state index in [0.29, 0.717) is 24.8 Å². The Morgan fingerprint density at radius 1 is 0.857 bits per heavy atom. The Kier molecular flexibility index (Phi) is 14.1. The largest absolute Gasteiger partial charge is 0.514 e. The van der Waals surface area contributed by atoms with Crippen LogP contribution in [0.4, 0.5) is 14.4 Å². The molecule has 12 nitrogen and oxygen atoms in total. The van der Waals surface area contributed by atoms with Gasteiger partial charge in [-0.15, -0.1) is 0 Å². The molecule has 3 unspecified atom stereocenters. The van der Waals surface area contributed by atoms with Gasteiger partial charge in [0.15, 0.2) is 11.5 Å². The van der Waals surface area contributed by atoms with E-state index < -0.39 is 59.6 Å². The molecule has 0 amide bonds. The average molecular weight is 598 g/mol. The van der Waals surface area contributed by atoms with Gasteiger partial charge in [0.25, 0.3) is 0 Å². The summed E-state index contributed by atoms with van der Waals surface area (Å²) in [5, 5.41) is 9.80. The highest BCUT2D eigenvalue weighted by atomic mass is 16.8. The molecule has 0 aliphatic rings. The van der Waals surface area contributed by atoms with E-state index in [9.17, 15) is 24.3 Å². The highest BCUT2D eigenvalue weighted by molar-refractivity contribution is 5.75. The summed E-state index contributed by atoms with van der Waals surface area (Å²) in [5.41, 5.74) is 4.77. The number of carboxylic acid groups (broad SMARTS) is 1. The molecular weight excluding hydrogens is 550 g/mol. The topological polar surface area (TPSA) is 170 Å². The molecule has 42 heavy (non-hydrogen) atoms. The van der Waals surface area contributed by atoms with Crippen molar-refractivity contribution >= 4 is 24.4 Å². The van der Waals surface area contributed by atoms with Crippen LogP contribution in [0.5, 0.6) is 11.5 Å². The summed E-state index contributed by atoms with van der Waals surface area (Å²) in [6.07, 6.45) is -1.27. The van der Waals surface area contributed by atoms with Crippen LogP contribution < -0.4 is 15.2 Å². The van der Waals surface area contributed by atoms with Crippen LogP contribution in [0.25, 0.3) is 0 Å². The number of benzene rings is 1. The Morgan fingerprint density at radius 3 is 1.86 bits per heavy atom. The fourth-order valence-electron chi connectivity index (χ4n) is 3.59. The van der Waals surface area contributed by atoms with E-state index in [1.165, 1.54) is 18.2 Å². The van der Waals surface area contributed by atoms with Crippen LogP contribution in [0.15, 0.2) is 18.2 Å². The van der Waals surface area contributed by atoms with Crippen LogP contribution in [0.3, 0.4) is 0 Å². The van der Waals surface area contributed by atoms with E-state index in [1.807, 2.05) is 20.8 Å². The standard InChI is InChI=1S/C30H47NO11/c1-10-13-16-37-26(34)38-19(5)18(4)23(24(31)25(32)33)20-14-15-21(39-27(35)41-29(6,7)11-2)22(17-20)40-28(36)42-30(8,9)12-3/h14-15,17-19,23-24H,10-13,16,31H2,1-9H3,(H,32,33)/t18?,19?,23?,24-/m0/s1. The second kappa shape index (κ2) is 16.2. The van der Waals surface area contributed by atoms with Gasteiger partial charge in [0.2, 0.25) is 0 Å². The van der Waals surface area contributed by atoms with Crippen molar-refractivity contribution in [1.82, 2.24) is 0 Å². The maximum atomic E-state index is 12.7. The second-order valence-electron chi connectivity index (χ2n) is 11.4. The van der Waals surface area contributed by atoms with Crippen molar-refractivity contribution in [2.45, 2.75) is 117 Å². The quantitative estimate of drug-likeness (QED) is 0.0966. The summed E-state index contributed by atoms with van der Waals surface area (Å²) in [7, 11) is 0.